The molecule has 27 heavy (non-hydrogen) atoms. The Balaban J connectivity index is 1.80. The lowest BCUT2D eigenvalue weighted by atomic mass is 9.87. The number of nitrogens with zero attached hydrogens (tertiary/aromatic N) is 1. The van der Waals surface area contributed by atoms with Crippen LogP contribution in [0.2, 0.25) is 0 Å². The Kier molecular flexibility index (Phi) is 5.48. The minimum atomic E-state index is -0.520. The zero-order valence-electron chi connectivity index (χ0n) is 15.9. The molecule has 5 nitrogen and oxygen atoms in total. The normalized spacial score (nSPS) is 16.1. The second-order valence-corrected chi connectivity index (χ2v) is 7.66. The van der Waals surface area contributed by atoms with Gasteiger partial charge in [-0.15, -0.1) is 0 Å². The molecule has 1 unspecified atom stereocenters. The van der Waals surface area contributed by atoms with Crippen molar-refractivity contribution in [1.29, 1.82) is 5.26 Å². The highest BCUT2D eigenvalue weighted by Crippen LogP contribution is 2.34. The lowest BCUT2D eigenvalue weighted by Gasteiger charge is -2.28. The zero-order valence-corrected chi connectivity index (χ0v) is 15.9. The van der Waals surface area contributed by atoms with E-state index in [0.29, 0.717) is 25.3 Å². The number of carbonyl (C=O) groups excluding carboxylic acids is 1. The number of nitrogens with one attached hydrogen (secondary N) is 1. The summed E-state index contributed by atoms with van der Waals surface area (Å²) in [5, 5.41) is 11.8. The molecule has 1 aliphatic heterocycles. The van der Waals surface area contributed by atoms with Crippen molar-refractivity contribution in [2.24, 2.45) is 0 Å². The van der Waals surface area contributed by atoms with Crippen LogP contribution < -0.4 is 5.32 Å². The van der Waals surface area contributed by atoms with Crippen molar-refractivity contribution in [3.63, 3.8) is 0 Å². The number of alkyl carbamates (subject to hydrolysis) is 1. The van der Waals surface area contributed by atoms with Gasteiger partial charge >= 0.3 is 6.09 Å². The molecular weight excluding hydrogens is 340 g/mol. The van der Waals surface area contributed by atoms with Crippen LogP contribution in [-0.2, 0) is 16.1 Å². The highest BCUT2D eigenvalue weighted by Gasteiger charge is 2.25. The van der Waals surface area contributed by atoms with Crippen molar-refractivity contribution in [3.05, 3.63) is 59.2 Å². The maximum Gasteiger partial charge on any atom is 0.407 e. The summed E-state index contributed by atoms with van der Waals surface area (Å²) < 4.78 is 11.1. The number of amides is 1. The molecule has 3 rings (SSSR count). The smallest absolute Gasteiger partial charge is 0.407 e. The van der Waals surface area contributed by atoms with Gasteiger partial charge in [0.1, 0.15) is 5.60 Å². The number of ether oxygens (including phenoxy) is 2. The molecule has 0 saturated heterocycles. The van der Waals surface area contributed by atoms with E-state index in [2.05, 4.69) is 23.5 Å². The van der Waals surface area contributed by atoms with Crippen LogP contribution in [0.15, 0.2) is 42.5 Å². The van der Waals surface area contributed by atoms with Gasteiger partial charge in [-0.05, 0) is 55.2 Å². The number of fused-ring (bicyclic) bond motifs is 1. The summed E-state index contributed by atoms with van der Waals surface area (Å²) in [7, 11) is 0. The number of hydrogen-bond donors (Lipinski definition) is 1. The van der Waals surface area contributed by atoms with Crippen LogP contribution in [0.5, 0.6) is 0 Å². The van der Waals surface area contributed by atoms with E-state index < -0.39 is 11.7 Å². The minimum absolute atomic E-state index is 0.0691. The predicted molar refractivity (Wildman–Crippen MR) is 103 cm³/mol. The van der Waals surface area contributed by atoms with Gasteiger partial charge in [0.2, 0.25) is 0 Å². The van der Waals surface area contributed by atoms with Crippen LogP contribution in [0.3, 0.4) is 0 Å². The monoisotopic (exact) mass is 364 g/mol. The summed E-state index contributed by atoms with van der Waals surface area (Å²) >= 11 is 0. The largest absolute Gasteiger partial charge is 0.444 e. The van der Waals surface area contributed by atoms with Crippen molar-refractivity contribution < 1.29 is 14.3 Å². The van der Waals surface area contributed by atoms with Gasteiger partial charge in [-0.3, -0.25) is 0 Å². The number of carbonyl (C=O) groups is 1. The van der Waals surface area contributed by atoms with Gasteiger partial charge in [0.05, 0.1) is 24.8 Å². The molecule has 1 heterocycles. The van der Waals surface area contributed by atoms with Crippen molar-refractivity contribution in [3.8, 4) is 17.2 Å². The van der Waals surface area contributed by atoms with Gasteiger partial charge in [-0.2, -0.15) is 5.26 Å². The zero-order chi connectivity index (χ0) is 19.4. The van der Waals surface area contributed by atoms with Gasteiger partial charge in [0.15, 0.2) is 0 Å². The minimum Gasteiger partial charge on any atom is -0.444 e. The van der Waals surface area contributed by atoms with Crippen LogP contribution >= 0.6 is 0 Å². The Morgan fingerprint density at radius 3 is 2.67 bits per heavy atom. The van der Waals surface area contributed by atoms with Gasteiger partial charge in [0, 0.05) is 12.5 Å². The maximum atomic E-state index is 12.0. The average Bonchev–Trinajstić information content (AvgIpc) is 2.64. The Bertz CT molecular complexity index is 861. The molecule has 0 saturated carbocycles. The predicted octanol–water partition coefficient (Wildman–Crippen LogP) is 4.36. The number of nitriles is 1. The van der Waals surface area contributed by atoms with E-state index in [9.17, 15) is 4.79 Å². The molecule has 1 aliphatic rings. The summed E-state index contributed by atoms with van der Waals surface area (Å²) in [6.07, 6.45) is -0.419. The van der Waals surface area contributed by atoms with E-state index in [1.165, 1.54) is 5.56 Å². The number of benzene rings is 2. The molecule has 0 bridgehead atoms. The highest BCUT2D eigenvalue weighted by molar-refractivity contribution is 5.70. The lowest BCUT2D eigenvalue weighted by Crippen LogP contribution is -2.36. The molecule has 1 atom stereocenters. The van der Waals surface area contributed by atoms with E-state index in [1.54, 1.807) is 0 Å². The quantitative estimate of drug-likeness (QED) is 0.878. The highest BCUT2D eigenvalue weighted by atomic mass is 16.6. The summed E-state index contributed by atoms with van der Waals surface area (Å²) in [5.74, 6) is 0.0691. The first-order valence-corrected chi connectivity index (χ1v) is 9.04. The van der Waals surface area contributed by atoms with Crippen molar-refractivity contribution in [2.45, 2.75) is 38.9 Å². The summed E-state index contributed by atoms with van der Waals surface area (Å²) in [6, 6.07) is 15.9. The second-order valence-electron chi connectivity index (χ2n) is 7.66. The fraction of sp³-hybridized carbons (Fsp3) is 0.364. The van der Waals surface area contributed by atoms with Gasteiger partial charge in [-0.25, -0.2) is 4.79 Å². The molecule has 0 aromatic heterocycles. The first-order chi connectivity index (χ1) is 12.9. The molecule has 140 valence electrons. The van der Waals surface area contributed by atoms with Crippen LogP contribution in [0.4, 0.5) is 4.79 Å². The third-order valence-electron chi connectivity index (χ3n) is 4.43. The molecule has 1 amide bonds. The fourth-order valence-corrected chi connectivity index (χ4v) is 3.23. The van der Waals surface area contributed by atoms with Gasteiger partial charge in [0.25, 0.3) is 0 Å². The van der Waals surface area contributed by atoms with Crippen molar-refractivity contribution in [1.82, 2.24) is 5.32 Å². The SMILES string of the molecule is CC(C)(C)OC(=O)NCC1COCc2c(-c3ccc(C#N)cc3)cccc21. The van der Waals surface area contributed by atoms with Crippen LogP contribution in [-0.4, -0.2) is 24.8 Å². The maximum absolute atomic E-state index is 12.0. The fourth-order valence-electron chi connectivity index (χ4n) is 3.23. The third-order valence-corrected chi connectivity index (χ3v) is 4.43. The molecule has 0 aliphatic carbocycles. The first-order valence-electron chi connectivity index (χ1n) is 9.04. The Morgan fingerprint density at radius 2 is 2.00 bits per heavy atom. The van der Waals surface area contributed by atoms with Crippen LogP contribution in [0.25, 0.3) is 11.1 Å². The Morgan fingerprint density at radius 1 is 1.26 bits per heavy atom. The van der Waals surface area contributed by atoms with Crippen molar-refractivity contribution >= 4 is 6.09 Å². The molecule has 0 fully saturated rings. The molecule has 5 heteroatoms. The van der Waals surface area contributed by atoms with Crippen molar-refractivity contribution in [2.75, 3.05) is 13.2 Å². The standard InChI is InChI=1S/C22H24N2O3/c1-22(2,3)27-21(25)24-12-17-13-26-14-20-18(5-4-6-19(17)20)16-9-7-15(11-23)8-10-16/h4-10,17H,12-14H2,1-3H3,(H,24,25). The van der Waals surface area contributed by atoms with E-state index in [0.717, 1.165) is 16.7 Å². The van der Waals surface area contributed by atoms with E-state index >= 15 is 0 Å². The van der Waals surface area contributed by atoms with Crippen LogP contribution in [0, 0.1) is 11.3 Å². The second kappa shape index (κ2) is 7.81. The lowest BCUT2D eigenvalue weighted by molar-refractivity contribution is 0.0499. The van der Waals surface area contributed by atoms with Gasteiger partial charge < -0.3 is 14.8 Å². The summed E-state index contributed by atoms with van der Waals surface area (Å²) in [5.41, 5.74) is 4.57. The number of hydrogen-bond acceptors (Lipinski definition) is 4. The third kappa shape index (κ3) is 4.66. The molecule has 2 aromatic rings. The summed E-state index contributed by atoms with van der Waals surface area (Å²) in [6.45, 7) is 7.08. The summed E-state index contributed by atoms with van der Waals surface area (Å²) in [4.78, 5) is 12.0. The molecule has 1 N–H and O–H groups in total. The van der Waals surface area contributed by atoms with Gasteiger partial charge in [-0.1, -0.05) is 30.3 Å². The van der Waals surface area contributed by atoms with Crippen LogP contribution in [0.1, 0.15) is 43.4 Å². The Labute approximate surface area is 159 Å². The Hall–Kier alpha value is -2.84. The molecular formula is C22H24N2O3. The van der Waals surface area contributed by atoms with E-state index in [-0.39, 0.29) is 5.92 Å². The molecule has 2 aromatic carbocycles. The first kappa shape index (κ1) is 18.9. The molecule has 0 radical (unpaired) electrons. The average molecular weight is 364 g/mol. The molecule has 0 spiro atoms. The van der Waals surface area contributed by atoms with E-state index in [4.69, 9.17) is 14.7 Å². The topological polar surface area (TPSA) is 71.3 Å². The number of rotatable bonds is 3. The van der Waals surface area contributed by atoms with E-state index in [1.807, 2.05) is 51.1 Å².